The molecule has 0 aliphatic carbocycles. The average Bonchev–Trinajstić information content (AvgIpc) is 3.25. The molecule has 0 saturated carbocycles. The predicted octanol–water partition coefficient (Wildman–Crippen LogP) is 3.09. The summed E-state index contributed by atoms with van der Waals surface area (Å²) in [6.07, 6.45) is 4.75. The number of nitrogens with one attached hydrogen (secondary N) is 2. The van der Waals surface area contributed by atoms with Crippen molar-refractivity contribution in [3.8, 4) is 5.75 Å². The van der Waals surface area contributed by atoms with E-state index in [1.165, 1.54) is 11.1 Å². The van der Waals surface area contributed by atoms with Crippen molar-refractivity contribution in [2.45, 2.75) is 18.6 Å². The van der Waals surface area contributed by atoms with Crippen LogP contribution in [-0.4, -0.2) is 22.6 Å². The molecule has 2 heterocycles. The lowest BCUT2D eigenvalue weighted by Gasteiger charge is -2.20. The van der Waals surface area contributed by atoms with E-state index in [9.17, 15) is 0 Å². The normalized spacial score (nSPS) is 17.5. The number of ether oxygens (including phenoxy) is 1. The van der Waals surface area contributed by atoms with Crippen LogP contribution in [0.15, 0.2) is 67.0 Å². The highest BCUT2D eigenvalue weighted by Crippen LogP contribution is 2.28. The van der Waals surface area contributed by atoms with Crippen molar-refractivity contribution in [3.05, 3.63) is 83.9 Å². The van der Waals surface area contributed by atoms with E-state index in [2.05, 4.69) is 51.7 Å². The third-order valence-corrected chi connectivity index (χ3v) is 4.19. The highest BCUT2D eigenvalue weighted by molar-refractivity contribution is 5.37. The van der Waals surface area contributed by atoms with Crippen LogP contribution in [0.5, 0.6) is 5.75 Å². The quantitative estimate of drug-likeness (QED) is 0.761. The fourth-order valence-electron chi connectivity index (χ4n) is 3.07. The first-order valence-electron chi connectivity index (χ1n) is 7.92. The van der Waals surface area contributed by atoms with E-state index in [0.29, 0.717) is 0 Å². The van der Waals surface area contributed by atoms with Gasteiger partial charge in [0.15, 0.2) is 0 Å². The van der Waals surface area contributed by atoms with Gasteiger partial charge in [0.1, 0.15) is 17.7 Å². The molecular formula is C19H19N3O. The van der Waals surface area contributed by atoms with Gasteiger partial charge < -0.3 is 9.72 Å². The molecule has 0 fully saturated rings. The van der Waals surface area contributed by atoms with Gasteiger partial charge in [-0.3, -0.25) is 5.32 Å². The number of fused-ring (bicyclic) bond motifs is 1. The second-order valence-corrected chi connectivity index (χ2v) is 5.78. The Labute approximate surface area is 135 Å². The van der Waals surface area contributed by atoms with Crippen LogP contribution in [0, 0.1) is 0 Å². The van der Waals surface area contributed by atoms with Crippen LogP contribution >= 0.6 is 0 Å². The van der Waals surface area contributed by atoms with Crippen molar-refractivity contribution in [3.63, 3.8) is 0 Å². The predicted molar refractivity (Wildman–Crippen MR) is 89.4 cm³/mol. The number of rotatable bonds is 5. The number of hydrogen-bond acceptors (Lipinski definition) is 3. The van der Waals surface area contributed by atoms with Crippen LogP contribution in [0.25, 0.3) is 0 Å². The van der Waals surface area contributed by atoms with Crippen LogP contribution in [0.4, 0.5) is 0 Å². The third kappa shape index (κ3) is 2.98. The van der Waals surface area contributed by atoms with Gasteiger partial charge in [-0.1, -0.05) is 48.5 Å². The summed E-state index contributed by atoms with van der Waals surface area (Å²) in [6, 6.07) is 18.7. The summed E-state index contributed by atoms with van der Waals surface area (Å²) in [4.78, 5) is 7.63. The lowest BCUT2D eigenvalue weighted by Crippen LogP contribution is -2.34. The van der Waals surface area contributed by atoms with Gasteiger partial charge in [0.25, 0.3) is 0 Å². The first-order chi connectivity index (χ1) is 11.4. The highest BCUT2D eigenvalue weighted by atomic mass is 16.5. The van der Waals surface area contributed by atoms with Crippen molar-refractivity contribution in [2.24, 2.45) is 0 Å². The molecule has 2 atom stereocenters. The number of imidazole rings is 1. The molecule has 4 heteroatoms. The first kappa shape index (κ1) is 14.0. The molecule has 116 valence electrons. The monoisotopic (exact) mass is 305 g/mol. The van der Waals surface area contributed by atoms with E-state index >= 15 is 0 Å². The summed E-state index contributed by atoms with van der Waals surface area (Å²) in [7, 11) is 0. The van der Waals surface area contributed by atoms with Crippen LogP contribution in [0.3, 0.4) is 0 Å². The molecule has 23 heavy (non-hydrogen) atoms. The van der Waals surface area contributed by atoms with Crippen molar-refractivity contribution >= 4 is 0 Å². The van der Waals surface area contributed by atoms with E-state index < -0.39 is 0 Å². The molecule has 0 spiro atoms. The summed E-state index contributed by atoms with van der Waals surface area (Å²) in [5.74, 6) is 1.93. The molecular weight excluding hydrogens is 286 g/mol. The van der Waals surface area contributed by atoms with E-state index in [0.717, 1.165) is 24.5 Å². The number of nitrogens with zero attached hydrogens (tertiary/aromatic N) is 1. The Morgan fingerprint density at radius 2 is 1.96 bits per heavy atom. The average molecular weight is 305 g/mol. The molecule has 2 N–H and O–H groups in total. The summed E-state index contributed by atoms with van der Waals surface area (Å²) in [5, 5.41) is 3.60. The smallest absolute Gasteiger partial charge is 0.127 e. The zero-order chi connectivity index (χ0) is 15.5. The van der Waals surface area contributed by atoms with Crippen molar-refractivity contribution in [1.29, 1.82) is 0 Å². The zero-order valence-corrected chi connectivity index (χ0v) is 12.8. The third-order valence-electron chi connectivity index (χ3n) is 4.19. The Hall–Kier alpha value is -2.59. The first-order valence-corrected chi connectivity index (χ1v) is 7.92. The molecule has 0 bridgehead atoms. The second-order valence-electron chi connectivity index (χ2n) is 5.78. The van der Waals surface area contributed by atoms with Gasteiger partial charge in [0, 0.05) is 25.4 Å². The number of hydrogen-bond donors (Lipinski definition) is 2. The van der Waals surface area contributed by atoms with Crippen molar-refractivity contribution < 1.29 is 4.74 Å². The molecule has 1 aliphatic heterocycles. The minimum atomic E-state index is 0.0403. The standard InChI is InChI=1S/C19H19N3O/c1-2-6-14(7-3-1)18(19-20-10-11-21-19)22-13-16-12-15-8-4-5-9-17(15)23-16/h1-11,16,18,22H,12-13H2,(H,20,21)/t16-,18+/m0/s1. The number of para-hydroxylation sites is 1. The maximum absolute atomic E-state index is 6.02. The van der Waals surface area contributed by atoms with Crippen LogP contribution in [0.2, 0.25) is 0 Å². The van der Waals surface area contributed by atoms with Gasteiger partial charge in [-0.15, -0.1) is 0 Å². The fourth-order valence-corrected chi connectivity index (χ4v) is 3.07. The van der Waals surface area contributed by atoms with Crippen LogP contribution < -0.4 is 10.1 Å². The van der Waals surface area contributed by atoms with E-state index in [1.807, 2.05) is 24.4 Å². The summed E-state index contributed by atoms with van der Waals surface area (Å²) in [5.41, 5.74) is 2.48. The maximum atomic E-state index is 6.02. The molecule has 2 aromatic carbocycles. The zero-order valence-electron chi connectivity index (χ0n) is 12.8. The number of H-pyrrole nitrogens is 1. The SMILES string of the molecule is c1ccc([C@@H](NC[C@@H]2Cc3ccccc3O2)c2ncc[nH]2)cc1. The van der Waals surface area contributed by atoms with E-state index in [1.54, 1.807) is 6.20 Å². The molecule has 0 saturated heterocycles. The Morgan fingerprint density at radius 1 is 1.13 bits per heavy atom. The van der Waals surface area contributed by atoms with E-state index in [4.69, 9.17) is 4.74 Å². The molecule has 4 rings (SSSR count). The Bertz CT molecular complexity index is 730. The molecule has 0 amide bonds. The van der Waals surface area contributed by atoms with Gasteiger partial charge in [-0.2, -0.15) is 0 Å². The topological polar surface area (TPSA) is 49.9 Å². The molecule has 1 aliphatic rings. The number of benzene rings is 2. The number of aromatic nitrogens is 2. The molecule has 4 nitrogen and oxygen atoms in total. The molecule has 0 radical (unpaired) electrons. The summed E-state index contributed by atoms with van der Waals surface area (Å²) >= 11 is 0. The summed E-state index contributed by atoms with van der Waals surface area (Å²) in [6.45, 7) is 0.773. The lowest BCUT2D eigenvalue weighted by atomic mass is 10.1. The number of aromatic amines is 1. The molecule has 0 unspecified atom stereocenters. The minimum absolute atomic E-state index is 0.0403. The second kappa shape index (κ2) is 6.26. The Kier molecular flexibility index (Phi) is 3.82. The van der Waals surface area contributed by atoms with Gasteiger partial charge in [-0.05, 0) is 17.2 Å². The largest absolute Gasteiger partial charge is 0.488 e. The van der Waals surface area contributed by atoms with E-state index in [-0.39, 0.29) is 12.1 Å². The van der Waals surface area contributed by atoms with Gasteiger partial charge >= 0.3 is 0 Å². The maximum Gasteiger partial charge on any atom is 0.127 e. The van der Waals surface area contributed by atoms with Crippen LogP contribution in [-0.2, 0) is 6.42 Å². The van der Waals surface area contributed by atoms with Gasteiger partial charge in [0.2, 0.25) is 0 Å². The van der Waals surface area contributed by atoms with Crippen molar-refractivity contribution in [2.75, 3.05) is 6.54 Å². The highest BCUT2D eigenvalue weighted by Gasteiger charge is 2.24. The Morgan fingerprint density at radius 3 is 2.74 bits per heavy atom. The summed E-state index contributed by atoms with van der Waals surface area (Å²) < 4.78 is 6.02. The molecule has 1 aromatic heterocycles. The van der Waals surface area contributed by atoms with Crippen LogP contribution in [0.1, 0.15) is 23.0 Å². The van der Waals surface area contributed by atoms with Gasteiger partial charge in [-0.25, -0.2) is 4.98 Å². The Balaban J connectivity index is 1.47. The van der Waals surface area contributed by atoms with Gasteiger partial charge in [0.05, 0.1) is 6.04 Å². The van der Waals surface area contributed by atoms with Crippen molar-refractivity contribution in [1.82, 2.24) is 15.3 Å². The minimum Gasteiger partial charge on any atom is -0.488 e. The lowest BCUT2D eigenvalue weighted by molar-refractivity contribution is 0.223. The molecule has 3 aromatic rings. The fraction of sp³-hybridized carbons (Fsp3) is 0.211.